The Kier molecular flexibility index (Phi) is 4.40. The van der Waals surface area contributed by atoms with Gasteiger partial charge in [-0.2, -0.15) is 0 Å². The molecule has 16 heavy (non-hydrogen) atoms. The van der Waals surface area contributed by atoms with Gasteiger partial charge in [0.1, 0.15) is 5.82 Å². The maximum atomic E-state index is 12.8. The third-order valence-electron chi connectivity index (χ3n) is 2.00. The van der Waals surface area contributed by atoms with Crippen LogP contribution in [0.5, 0.6) is 0 Å². The van der Waals surface area contributed by atoms with Crippen molar-refractivity contribution in [2.75, 3.05) is 6.54 Å². The number of hydrogen-bond acceptors (Lipinski definition) is 3. The average molecular weight is 246 g/mol. The lowest BCUT2D eigenvalue weighted by Crippen LogP contribution is -2.29. The first kappa shape index (κ1) is 13.1. The molecule has 1 aromatic rings. The molecule has 0 aromatic heterocycles. The van der Waals surface area contributed by atoms with Gasteiger partial charge in [0, 0.05) is 12.6 Å². The summed E-state index contributed by atoms with van der Waals surface area (Å²) in [5.74, 6) is -0.574. The van der Waals surface area contributed by atoms with Crippen molar-refractivity contribution in [1.82, 2.24) is 4.72 Å². The minimum absolute atomic E-state index is 0.0721. The number of hydrogen-bond donors (Lipinski definition) is 2. The Bertz CT molecular complexity index is 446. The summed E-state index contributed by atoms with van der Waals surface area (Å²) in [5, 5.41) is 0. The maximum Gasteiger partial charge on any atom is 0.240 e. The summed E-state index contributed by atoms with van der Waals surface area (Å²) < 4.78 is 38.5. The number of halogens is 1. The van der Waals surface area contributed by atoms with Gasteiger partial charge < -0.3 is 5.73 Å². The van der Waals surface area contributed by atoms with Crippen LogP contribution in [-0.2, 0) is 10.0 Å². The highest BCUT2D eigenvalue weighted by atomic mass is 32.2. The molecule has 0 aliphatic rings. The van der Waals surface area contributed by atoms with Gasteiger partial charge in [0.15, 0.2) is 0 Å². The third-order valence-corrected chi connectivity index (χ3v) is 3.46. The van der Waals surface area contributed by atoms with E-state index in [2.05, 4.69) is 4.72 Å². The summed E-state index contributed by atoms with van der Waals surface area (Å²) in [5.41, 5.74) is 5.49. The van der Waals surface area contributed by atoms with E-state index in [-0.39, 0.29) is 17.5 Å². The fourth-order valence-electron chi connectivity index (χ4n) is 1.14. The molecule has 0 aliphatic carbocycles. The van der Waals surface area contributed by atoms with E-state index in [1.165, 1.54) is 18.2 Å². The van der Waals surface area contributed by atoms with E-state index in [0.29, 0.717) is 6.42 Å². The molecule has 0 bridgehead atoms. The van der Waals surface area contributed by atoms with E-state index < -0.39 is 15.8 Å². The van der Waals surface area contributed by atoms with Crippen molar-refractivity contribution in [2.45, 2.75) is 24.3 Å². The first-order chi connectivity index (χ1) is 7.42. The molecular formula is C10H15FN2O2S. The Balaban J connectivity index is 2.71. The van der Waals surface area contributed by atoms with Gasteiger partial charge in [-0.05, 0) is 31.5 Å². The first-order valence-electron chi connectivity index (χ1n) is 4.92. The smallest absolute Gasteiger partial charge is 0.240 e. The number of rotatable bonds is 5. The van der Waals surface area contributed by atoms with E-state index in [1.807, 2.05) is 0 Å². The summed E-state index contributed by atoms with van der Waals surface area (Å²) in [6.07, 6.45) is 0.536. The summed E-state index contributed by atoms with van der Waals surface area (Å²) in [6.45, 7) is 2.03. The van der Waals surface area contributed by atoms with Gasteiger partial charge in [-0.3, -0.25) is 0 Å². The topological polar surface area (TPSA) is 72.2 Å². The van der Waals surface area contributed by atoms with Crippen LogP contribution in [0.4, 0.5) is 4.39 Å². The minimum atomic E-state index is -3.62. The Hall–Kier alpha value is -0.980. The molecule has 90 valence electrons. The lowest BCUT2D eigenvalue weighted by molar-refractivity contribution is 0.569. The Labute approximate surface area is 94.7 Å². The quantitative estimate of drug-likeness (QED) is 0.808. The predicted molar refractivity (Wildman–Crippen MR) is 59.9 cm³/mol. The highest BCUT2D eigenvalue weighted by molar-refractivity contribution is 7.89. The van der Waals surface area contributed by atoms with Crippen molar-refractivity contribution >= 4 is 10.0 Å². The second kappa shape index (κ2) is 5.38. The maximum absolute atomic E-state index is 12.8. The van der Waals surface area contributed by atoms with Crippen LogP contribution < -0.4 is 10.5 Å². The number of sulfonamides is 1. The second-order valence-corrected chi connectivity index (χ2v) is 5.39. The lowest BCUT2D eigenvalue weighted by Gasteiger charge is -2.08. The molecule has 0 saturated heterocycles. The number of benzene rings is 1. The van der Waals surface area contributed by atoms with E-state index in [4.69, 9.17) is 5.73 Å². The summed E-state index contributed by atoms with van der Waals surface area (Å²) >= 11 is 0. The zero-order chi connectivity index (χ0) is 12.2. The van der Waals surface area contributed by atoms with Crippen LogP contribution in [0, 0.1) is 5.82 Å². The molecule has 6 heteroatoms. The summed E-state index contributed by atoms with van der Waals surface area (Å²) in [4.78, 5) is -0.0721. The Morgan fingerprint density at radius 1 is 1.50 bits per heavy atom. The van der Waals surface area contributed by atoms with Gasteiger partial charge in [0.05, 0.1) is 4.90 Å². The van der Waals surface area contributed by atoms with Crippen molar-refractivity contribution in [3.8, 4) is 0 Å². The van der Waals surface area contributed by atoms with Gasteiger partial charge >= 0.3 is 0 Å². The molecule has 0 heterocycles. The van der Waals surface area contributed by atoms with Gasteiger partial charge in [-0.1, -0.05) is 6.07 Å². The molecule has 1 aromatic carbocycles. The van der Waals surface area contributed by atoms with Gasteiger partial charge in [0.2, 0.25) is 10.0 Å². The van der Waals surface area contributed by atoms with Crippen LogP contribution in [0.25, 0.3) is 0 Å². The highest BCUT2D eigenvalue weighted by Gasteiger charge is 2.13. The predicted octanol–water partition coefficient (Wildman–Crippen LogP) is 0.841. The first-order valence-corrected chi connectivity index (χ1v) is 6.41. The summed E-state index contributed by atoms with van der Waals surface area (Å²) in [7, 11) is -3.62. The molecule has 0 amide bonds. The van der Waals surface area contributed by atoms with Crippen molar-refractivity contribution in [3.05, 3.63) is 30.1 Å². The summed E-state index contributed by atoms with van der Waals surface area (Å²) in [6, 6.07) is 4.80. The van der Waals surface area contributed by atoms with Crippen molar-refractivity contribution in [1.29, 1.82) is 0 Å². The van der Waals surface area contributed by atoms with Crippen LogP contribution in [0.2, 0.25) is 0 Å². The van der Waals surface area contributed by atoms with E-state index >= 15 is 0 Å². The van der Waals surface area contributed by atoms with Crippen molar-refractivity contribution in [2.24, 2.45) is 5.73 Å². The van der Waals surface area contributed by atoms with Crippen LogP contribution in [0.3, 0.4) is 0 Å². The fraction of sp³-hybridized carbons (Fsp3) is 0.400. The molecular weight excluding hydrogens is 231 g/mol. The Morgan fingerprint density at radius 3 is 2.75 bits per heavy atom. The molecule has 1 rings (SSSR count). The van der Waals surface area contributed by atoms with Crippen LogP contribution >= 0.6 is 0 Å². The average Bonchev–Trinajstić information content (AvgIpc) is 2.16. The molecule has 4 nitrogen and oxygen atoms in total. The monoisotopic (exact) mass is 246 g/mol. The van der Waals surface area contributed by atoms with E-state index in [1.54, 1.807) is 6.92 Å². The molecule has 0 saturated carbocycles. The molecule has 0 aliphatic heterocycles. The van der Waals surface area contributed by atoms with Gasteiger partial charge in [-0.15, -0.1) is 0 Å². The Morgan fingerprint density at radius 2 is 2.19 bits per heavy atom. The van der Waals surface area contributed by atoms with Gasteiger partial charge in [-0.25, -0.2) is 17.5 Å². The highest BCUT2D eigenvalue weighted by Crippen LogP contribution is 2.09. The van der Waals surface area contributed by atoms with Crippen molar-refractivity contribution < 1.29 is 12.8 Å². The SMILES string of the molecule is CC(N)CCNS(=O)(=O)c1cccc(F)c1. The minimum Gasteiger partial charge on any atom is -0.328 e. The van der Waals surface area contributed by atoms with Gasteiger partial charge in [0.25, 0.3) is 0 Å². The largest absolute Gasteiger partial charge is 0.328 e. The van der Waals surface area contributed by atoms with Crippen LogP contribution in [0.15, 0.2) is 29.2 Å². The molecule has 1 unspecified atom stereocenters. The normalized spacial score (nSPS) is 13.7. The van der Waals surface area contributed by atoms with Crippen LogP contribution in [-0.4, -0.2) is 21.0 Å². The van der Waals surface area contributed by atoms with Crippen molar-refractivity contribution in [3.63, 3.8) is 0 Å². The number of nitrogens with two attached hydrogens (primary N) is 1. The van der Waals surface area contributed by atoms with Crippen LogP contribution in [0.1, 0.15) is 13.3 Å². The molecule has 1 atom stereocenters. The van der Waals surface area contributed by atoms with E-state index in [0.717, 1.165) is 6.07 Å². The fourth-order valence-corrected chi connectivity index (χ4v) is 2.22. The van der Waals surface area contributed by atoms with E-state index in [9.17, 15) is 12.8 Å². The second-order valence-electron chi connectivity index (χ2n) is 3.62. The lowest BCUT2D eigenvalue weighted by atomic mass is 10.3. The zero-order valence-electron chi connectivity index (χ0n) is 8.98. The standard InChI is InChI=1S/C10H15FN2O2S/c1-8(12)5-6-13-16(14,15)10-4-2-3-9(11)7-10/h2-4,7-8,13H,5-6,12H2,1H3. The third kappa shape index (κ3) is 3.88. The number of nitrogens with one attached hydrogen (secondary N) is 1. The zero-order valence-corrected chi connectivity index (χ0v) is 9.80. The molecule has 0 radical (unpaired) electrons. The molecule has 0 fully saturated rings. The molecule has 0 spiro atoms. The molecule has 3 N–H and O–H groups in total.